The molecule has 1 aromatic carbocycles. The second-order valence-electron chi connectivity index (χ2n) is 5.43. The number of carbonyl (C=O) groups excluding carboxylic acids is 2. The molecule has 0 atom stereocenters. The van der Waals surface area contributed by atoms with Crippen LogP contribution in [0.3, 0.4) is 0 Å². The van der Waals surface area contributed by atoms with Crippen LogP contribution in [-0.2, 0) is 16.1 Å². The minimum atomic E-state index is -0.376. The van der Waals surface area contributed by atoms with Gasteiger partial charge >= 0.3 is 0 Å². The normalized spacial score (nSPS) is 10.2. The van der Waals surface area contributed by atoms with E-state index in [-0.39, 0.29) is 24.9 Å². The van der Waals surface area contributed by atoms with E-state index in [0.29, 0.717) is 27.9 Å². The Morgan fingerprint density at radius 1 is 1.19 bits per heavy atom. The summed E-state index contributed by atoms with van der Waals surface area (Å²) >= 11 is 6.06. The smallest absolute Gasteiger partial charge is 0.244 e. The van der Waals surface area contributed by atoms with Gasteiger partial charge in [0.15, 0.2) is 0 Å². The zero-order chi connectivity index (χ0) is 19.1. The number of methoxy groups -OCH3 is 2. The van der Waals surface area contributed by atoms with E-state index in [4.69, 9.17) is 21.1 Å². The lowest BCUT2D eigenvalue weighted by Gasteiger charge is -2.20. The minimum absolute atomic E-state index is 0.125. The maximum atomic E-state index is 12.4. The molecule has 1 N–H and O–H groups in total. The molecule has 0 bridgehead atoms. The van der Waals surface area contributed by atoms with Gasteiger partial charge in [-0.2, -0.15) is 0 Å². The summed E-state index contributed by atoms with van der Waals surface area (Å²) in [5.41, 5.74) is 1.10. The predicted octanol–water partition coefficient (Wildman–Crippen LogP) is 2.74. The van der Waals surface area contributed by atoms with Gasteiger partial charge in [-0.05, 0) is 12.1 Å². The number of aromatic nitrogens is 1. The molecule has 0 unspecified atom stereocenters. The van der Waals surface area contributed by atoms with E-state index in [1.165, 1.54) is 26.0 Å². The Labute approximate surface area is 156 Å². The van der Waals surface area contributed by atoms with E-state index in [1.54, 1.807) is 30.5 Å². The third kappa shape index (κ3) is 5.10. The number of hydrogen-bond donors (Lipinski definition) is 1. The summed E-state index contributed by atoms with van der Waals surface area (Å²) in [4.78, 5) is 29.9. The average Bonchev–Trinajstić information content (AvgIpc) is 2.63. The van der Waals surface area contributed by atoms with Crippen LogP contribution in [0.2, 0.25) is 5.02 Å². The summed E-state index contributed by atoms with van der Waals surface area (Å²) in [7, 11) is 2.94. The van der Waals surface area contributed by atoms with Crippen molar-refractivity contribution in [2.75, 3.05) is 26.1 Å². The first-order valence-electron chi connectivity index (χ1n) is 7.81. The SMILES string of the molecule is COc1cc(NC(=O)CN(Cc2ccccn2)C(C)=O)c(OC)cc1Cl. The summed E-state index contributed by atoms with van der Waals surface area (Å²) in [6.07, 6.45) is 1.64. The fraction of sp³-hybridized carbons (Fsp3) is 0.278. The lowest BCUT2D eigenvalue weighted by molar-refractivity contribution is -0.133. The van der Waals surface area contributed by atoms with Crippen molar-refractivity contribution in [3.63, 3.8) is 0 Å². The molecule has 1 aromatic heterocycles. The topological polar surface area (TPSA) is 80.8 Å². The number of nitrogens with one attached hydrogen (secondary N) is 1. The quantitative estimate of drug-likeness (QED) is 0.802. The van der Waals surface area contributed by atoms with Crippen molar-refractivity contribution < 1.29 is 19.1 Å². The molecule has 0 spiro atoms. The zero-order valence-corrected chi connectivity index (χ0v) is 15.5. The van der Waals surface area contributed by atoms with E-state index in [2.05, 4.69) is 10.3 Å². The Kier molecular flexibility index (Phi) is 6.80. The van der Waals surface area contributed by atoms with E-state index >= 15 is 0 Å². The lowest BCUT2D eigenvalue weighted by Crippen LogP contribution is -2.36. The molecule has 2 aromatic rings. The molecule has 0 fully saturated rings. The molecule has 7 nitrogen and oxygen atoms in total. The molecule has 0 saturated carbocycles. The number of hydrogen-bond acceptors (Lipinski definition) is 5. The highest BCUT2D eigenvalue weighted by molar-refractivity contribution is 6.32. The molecule has 0 aliphatic carbocycles. The Balaban J connectivity index is 2.12. The van der Waals surface area contributed by atoms with Crippen molar-refractivity contribution in [3.05, 3.63) is 47.2 Å². The van der Waals surface area contributed by atoms with Crippen molar-refractivity contribution in [1.29, 1.82) is 0 Å². The zero-order valence-electron chi connectivity index (χ0n) is 14.8. The Morgan fingerprint density at radius 2 is 1.92 bits per heavy atom. The monoisotopic (exact) mass is 377 g/mol. The summed E-state index contributed by atoms with van der Waals surface area (Å²) in [5.74, 6) is 0.188. The summed E-state index contributed by atoms with van der Waals surface area (Å²) in [6, 6.07) is 8.52. The van der Waals surface area contributed by atoms with E-state index in [9.17, 15) is 9.59 Å². The summed E-state index contributed by atoms with van der Waals surface area (Å²) in [5, 5.41) is 3.08. The van der Waals surface area contributed by atoms with Gasteiger partial charge in [0.2, 0.25) is 11.8 Å². The van der Waals surface area contributed by atoms with Crippen LogP contribution in [0.15, 0.2) is 36.5 Å². The summed E-state index contributed by atoms with van der Waals surface area (Å²) < 4.78 is 10.4. The number of amides is 2. The van der Waals surface area contributed by atoms with Crippen LogP contribution in [0.1, 0.15) is 12.6 Å². The van der Waals surface area contributed by atoms with Gasteiger partial charge in [-0.25, -0.2) is 0 Å². The van der Waals surface area contributed by atoms with Crippen molar-refractivity contribution in [3.8, 4) is 11.5 Å². The number of carbonyl (C=O) groups is 2. The number of anilines is 1. The second kappa shape index (κ2) is 9.05. The van der Waals surface area contributed by atoms with Crippen molar-refractivity contribution in [2.24, 2.45) is 0 Å². The molecule has 1 heterocycles. The van der Waals surface area contributed by atoms with E-state index in [0.717, 1.165) is 0 Å². The predicted molar refractivity (Wildman–Crippen MR) is 98.5 cm³/mol. The average molecular weight is 378 g/mol. The van der Waals surface area contributed by atoms with Gasteiger partial charge in [0, 0.05) is 25.3 Å². The summed E-state index contributed by atoms with van der Waals surface area (Å²) in [6.45, 7) is 1.52. The molecule has 26 heavy (non-hydrogen) atoms. The van der Waals surface area contributed by atoms with Crippen molar-refractivity contribution in [2.45, 2.75) is 13.5 Å². The number of ether oxygens (including phenoxy) is 2. The van der Waals surface area contributed by atoms with Gasteiger partial charge in [-0.1, -0.05) is 17.7 Å². The van der Waals surface area contributed by atoms with Gasteiger partial charge in [-0.15, -0.1) is 0 Å². The number of pyridine rings is 1. The molecule has 0 aliphatic rings. The number of rotatable bonds is 7. The maximum absolute atomic E-state index is 12.4. The number of halogens is 1. The molecule has 8 heteroatoms. The molecule has 0 saturated heterocycles. The highest BCUT2D eigenvalue weighted by Gasteiger charge is 2.17. The number of nitrogens with zero attached hydrogens (tertiary/aromatic N) is 2. The minimum Gasteiger partial charge on any atom is -0.495 e. The standard InChI is InChI=1S/C18H20ClN3O4/c1-12(23)22(10-13-6-4-5-7-20-13)11-18(24)21-15-9-16(25-2)14(19)8-17(15)26-3/h4-9H,10-11H2,1-3H3,(H,21,24). The molecule has 2 rings (SSSR count). The van der Waals surface area contributed by atoms with Gasteiger partial charge in [-0.3, -0.25) is 14.6 Å². The first-order valence-corrected chi connectivity index (χ1v) is 8.19. The molecule has 2 amide bonds. The molecular formula is C18H20ClN3O4. The first-order chi connectivity index (χ1) is 12.4. The van der Waals surface area contributed by atoms with Crippen molar-refractivity contribution in [1.82, 2.24) is 9.88 Å². The Morgan fingerprint density at radius 3 is 2.50 bits per heavy atom. The largest absolute Gasteiger partial charge is 0.495 e. The molecule has 0 aliphatic heterocycles. The van der Waals surface area contributed by atoms with Crippen LogP contribution in [0, 0.1) is 0 Å². The van der Waals surface area contributed by atoms with Gasteiger partial charge in [0.25, 0.3) is 0 Å². The Bertz CT molecular complexity index is 784. The highest BCUT2D eigenvalue weighted by atomic mass is 35.5. The van der Waals surface area contributed by atoms with E-state index in [1.807, 2.05) is 6.07 Å². The first kappa shape index (κ1) is 19.5. The van der Waals surface area contributed by atoms with Gasteiger partial charge in [0.1, 0.15) is 18.0 Å². The number of benzene rings is 1. The second-order valence-corrected chi connectivity index (χ2v) is 5.84. The highest BCUT2D eigenvalue weighted by Crippen LogP contribution is 2.35. The van der Waals surface area contributed by atoms with Crippen LogP contribution in [0.5, 0.6) is 11.5 Å². The molecule has 0 radical (unpaired) electrons. The fourth-order valence-corrected chi connectivity index (χ4v) is 2.52. The molecule has 138 valence electrons. The van der Waals surface area contributed by atoms with Crippen LogP contribution in [-0.4, -0.2) is 42.5 Å². The third-order valence-electron chi connectivity index (χ3n) is 3.61. The fourth-order valence-electron chi connectivity index (χ4n) is 2.29. The van der Waals surface area contributed by atoms with Crippen LogP contribution in [0.25, 0.3) is 0 Å². The third-order valence-corrected chi connectivity index (χ3v) is 3.90. The van der Waals surface area contributed by atoms with Crippen LogP contribution >= 0.6 is 11.6 Å². The Hall–Kier alpha value is -2.80. The van der Waals surface area contributed by atoms with Gasteiger partial charge in [0.05, 0.1) is 37.2 Å². The van der Waals surface area contributed by atoms with Crippen LogP contribution < -0.4 is 14.8 Å². The molecular weight excluding hydrogens is 358 g/mol. The van der Waals surface area contributed by atoms with Crippen molar-refractivity contribution >= 4 is 29.1 Å². The van der Waals surface area contributed by atoms with E-state index < -0.39 is 0 Å². The lowest BCUT2D eigenvalue weighted by atomic mass is 10.2. The van der Waals surface area contributed by atoms with Gasteiger partial charge < -0.3 is 19.7 Å². The maximum Gasteiger partial charge on any atom is 0.244 e. The van der Waals surface area contributed by atoms with Crippen LogP contribution in [0.4, 0.5) is 5.69 Å².